The summed E-state index contributed by atoms with van der Waals surface area (Å²) in [4.78, 5) is 99.6. The maximum atomic E-state index is 12.8. The first-order valence-electron chi connectivity index (χ1n) is 37.3. The number of aromatic carboxylic acids is 1. The first-order valence-corrected chi connectivity index (χ1v) is 37.7. The maximum Gasteiger partial charge on any atom is 1.00 e. The molecule has 0 amide bonds. The number of carbonyl (C=O) groups excluding carboxylic acids is 6. The standard InChI is InChI=1S/C24H15NO5.C23H15IO5.C23H17NO5.C20H13NO5.CH3F.CN.CH4O.CH3O.K.Na/c1-13-4-8-18-21(10-13)29-22-12-16(28-14(2)26)6-9-19(22)24(18)20-11-15(25-3)5-7-17(20)23(27)30-24;2*1-12-3-7-17-20(9-12)28-21-11-15(27-13(2)25)5-8-18(21)23(17)19-10-14(24)4-6-16(19)22(26)29-23;21-10-1-4-13(20(24)25)16(7-10)19-14-5-2-11(22)8-17(14)26-18-9-12(23)3-6-15(18)19;4*1-2;;/h4-12H,1-2H3;3-11H,1-2H3;3-11H,24H2,1-2H3;1-9,22H,21H2,(H,24,25);1H3;;2H,1H3;1H3;;/q;;;;;-1;;-1;2*+1/i;;;;1D;;;;;. The molecular weight excluding hydrogens is 1750 g/mol. The Kier molecular flexibility index (Phi) is 28.9. The Bertz CT molecular complexity index is 6430. The fraction of sp³-hybridized carbons (Fsp3) is 0.128. The molecular formula is C94H70FIKN4NaO22. The number of nitrogens with zero attached hydrogens (tertiary/aromatic N) is 2. The molecule has 0 bridgehead atoms. The molecule has 11 aromatic carbocycles. The molecule has 26 nitrogen and oxygen atoms in total. The first-order chi connectivity index (χ1) is 59.0. The van der Waals surface area contributed by atoms with E-state index in [1.54, 1.807) is 115 Å². The minimum atomic E-state index is -1.25. The average Bonchev–Trinajstić information content (AvgIpc) is 1.63. The van der Waals surface area contributed by atoms with Crippen LogP contribution in [0.5, 0.6) is 57.5 Å². The minimum Gasteiger partial charge on any atom is -0.857 e. The number of nitrogens with two attached hydrogens (primary N) is 2. The van der Waals surface area contributed by atoms with E-state index in [1.807, 2.05) is 87.5 Å². The van der Waals surface area contributed by atoms with Gasteiger partial charge in [-0.3, -0.25) is 23.6 Å². The first kappa shape index (κ1) is 92.1. The molecule has 0 radical (unpaired) electrons. The van der Waals surface area contributed by atoms with Crippen molar-refractivity contribution in [2.24, 2.45) is 0 Å². The summed E-state index contributed by atoms with van der Waals surface area (Å²) in [6.07, 6.45) is 0. The van der Waals surface area contributed by atoms with Crippen molar-refractivity contribution in [3.05, 3.63) is 339 Å². The van der Waals surface area contributed by atoms with Gasteiger partial charge in [0.15, 0.2) is 27.9 Å². The summed E-state index contributed by atoms with van der Waals surface area (Å²) in [5, 5.41) is 41.5. The topological polar surface area (TPSA) is 397 Å². The summed E-state index contributed by atoms with van der Waals surface area (Å²) < 4.78 is 74.5. The van der Waals surface area contributed by atoms with Gasteiger partial charge in [0.2, 0.25) is 0 Å². The summed E-state index contributed by atoms with van der Waals surface area (Å²) in [7, 11) is 0.750. The predicted molar refractivity (Wildman–Crippen MR) is 449 cm³/mol. The van der Waals surface area contributed by atoms with Gasteiger partial charge in [0.25, 0.3) is 0 Å². The second kappa shape index (κ2) is 38.9. The molecule has 19 rings (SSSR count). The van der Waals surface area contributed by atoms with E-state index in [4.69, 9.17) is 88.5 Å². The van der Waals surface area contributed by atoms with E-state index >= 15 is 0 Å². The summed E-state index contributed by atoms with van der Waals surface area (Å²) in [5.74, 6) is 0.740. The number of ether oxygens (including phenoxy) is 9. The summed E-state index contributed by atoms with van der Waals surface area (Å²) in [5.41, 5.74) is 22.0. The molecule has 614 valence electrons. The number of anilines is 2. The number of fused-ring (bicyclic) bond motifs is 20. The molecule has 30 heteroatoms. The second-order valence-corrected chi connectivity index (χ2v) is 28.8. The van der Waals surface area contributed by atoms with E-state index in [9.17, 15) is 53.0 Å². The number of aliphatic hydroxyl groups excluding tert-OH is 1. The smallest absolute Gasteiger partial charge is 0.857 e. The fourth-order valence-electron chi connectivity index (χ4n) is 15.3. The van der Waals surface area contributed by atoms with Gasteiger partial charge in [0, 0.05) is 140 Å². The van der Waals surface area contributed by atoms with Crippen LogP contribution < -0.4 is 131 Å². The Hall–Kier alpha value is -12.6. The molecule has 7 aliphatic heterocycles. The van der Waals surface area contributed by atoms with Crippen LogP contribution in [0.1, 0.15) is 130 Å². The van der Waals surface area contributed by atoms with Crippen LogP contribution in [0, 0.1) is 42.7 Å². The van der Waals surface area contributed by atoms with Crippen LogP contribution in [0.3, 0.4) is 0 Å². The zero-order valence-corrected chi connectivity index (χ0v) is 75.2. The largest absolute Gasteiger partial charge is 1.00 e. The Morgan fingerprint density at radius 3 is 1.27 bits per heavy atom. The molecule has 3 atom stereocenters. The number of hydrogen-bond donors (Lipinski definition) is 5. The van der Waals surface area contributed by atoms with Gasteiger partial charge in [-0.2, -0.15) is 7.11 Å². The van der Waals surface area contributed by atoms with E-state index < -0.39 is 59.8 Å². The van der Waals surface area contributed by atoms with Crippen molar-refractivity contribution in [3.63, 3.8) is 0 Å². The number of carboxylic acid groups (broad SMARTS) is 1. The van der Waals surface area contributed by atoms with Crippen LogP contribution in [-0.2, 0) is 45.4 Å². The average molecular weight is 1820 g/mol. The van der Waals surface area contributed by atoms with Gasteiger partial charge >= 0.3 is 123 Å². The van der Waals surface area contributed by atoms with Crippen molar-refractivity contribution in [1.82, 2.24) is 0 Å². The molecule has 7 N–H and O–H groups in total. The Labute approximate surface area is 788 Å². The van der Waals surface area contributed by atoms with E-state index in [0.29, 0.717) is 158 Å². The van der Waals surface area contributed by atoms with Gasteiger partial charge in [0.1, 0.15) is 68.8 Å². The number of alkyl halides is 1. The van der Waals surface area contributed by atoms with Crippen molar-refractivity contribution >= 4 is 92.4 Å². The van der Waals surface area contributed by atoms with E-state index in [1.165, 1.54) is 57.2 Å². The Balaban J connectivity index is 0.000000168. The monoisotopic (exact) mass is 1820 g/mol. The quantitative estimate of drug-likeness (QED) is 0.0156. The van der Waals surface area contributed by atoms with E-state index in [2.05, 4.69) is 27.4 Å². The van der Waals surface area contributed by atoms with Crippen molar-refractivity contribution in [2.75, 3.05) is 32.8 Å². The number of aliphatic hydroxyl groups is 1. The van der Waals surface area contributed by atoms with Crippen LogP contribution in [0.2, 0.25) is 0 Å². The molecule has 0 aromatic heterocycles. The van der Waals surface area contributed by atoms with Crippen molar-refractivity contribution in [2.45, 2.75) is 58.3 Å². The molecule has 3 unspecified atom stereocenters. The number of aromatic hydroxyl groups is 1. The van der Waals surface area contributed by atoms with E-state index in [-0.39, 0.29) is 104 Å². The van der Waals surface area contributed by atoms with Gasteiger partial charge in [-0.1, -0.05) is 48.5 Å². The van der Waals surface area contributed by atoms with Crippen molar-refractivity contribution in [1.29, 1.82) is 5.26 Å². The minimum absolute atomic E-state index is 0. The van der Waals surface area contributed by atoms with Crippen molar-refractivity contribution < 1.29 is 188 Å². The summed E-state index contributed by atoms with van der Waals surface area (Å²) in [6, 6.07) is 61.4. The molecule has 11 aromatic rings. The number of phenolic OH excluding ortho intramolecular Hbond substituents is 1. The van der Waals surface area contributed by atoms with Gasteiger partial charge in [0.05, 0.1) is 37.4 Å². The third-order valence-electron chi connectivity index (χ3n) is 19.9. The summed E-state index contributed by atoms with van der Waals surface area (Å²) >= 11 is 2.23. The van der Waals surface area contributed by atoms with Crippen LogP contribution in [0.25, 0.3) is 38.3 Å². The Morgan fingerprint density at radius 1 is 0.484 bits per heavy atom. The number of halogens is 2. The van der Waals surface area contributed by atoms with Crippen LogP contribution in [0.15, 0.2) is 228 Å². The Morgan fingerprint density at radius 2 is 0.855 bits per heavy atom. The van der Waals surface area contributed by atoms with Gasteiger partial charge in [-0.25, -0.2) is 24.0 Å². The van der Waals surface area contributed by atoms with E-state index in [0.717, 1.165) is 45.6 Å². The normalized spacial score (nSPS) is 15.5. The molecule has 8 aliphatic rings. The maximum absolute atomic E-state index is 12.8. The van der Waals surface area contributed by atoms with Gasteiger partial charge < -0.3 is 90.8 Å². The molecule has 0 fully saturated rings. The number of phenols is 1. The fourth-order valence-corrected chi connectivity index (χ4v) is 15.8. The number of carbonyl (C=O) groups is 7. The molecule has 0 saturated heterocycles. The number of nitrogen functional groups attached to an aromatic ring is 2. The molecule has 7 heterocycles. The number of carboxylic acids is 1. The van der Waals surface area contributed by atoms with Gasteiger partial charge in [-0.15, -0.1) is 0 Å². The second-order valence-electron chi connectivity index (χ2n) is 27.5. The summed E-state index contributed by atoms with van der Waals surface area (Å²) in [6.45, 7) is 22.0. The third-order valence-corrected chi connectivity index (χ3v) is 20.6. The van der Waals surface area contributed by atoms with Crippen LogP contribution in [-0.4, -0.2) is 78.5 Å². The third kappa shape index (κ3) is 17.6. The molecule has 124 heavy (non-hydrogen) atoms. The number of hydrogen-bond acceptors (Lipinski definition) is 24. The number of rotatable bonds is 5. The zero-order valence-electron chi connectivity index (χ0n) is 68.9. The molecule has 0 saturated carbocycles. The zero-order chi connectivity index (χ0) is 88.8. The predicted octanol–water partition coefficient (Wildman–Crippen LogP) is 11.0. The van der Waals surface area contributed by atoms with Crippen LogP contribution >= 0.6 is 22.6 Å². The molecule has 3 spiro atoms. The number of esters is 6. The molecule has 1 aliphatic carbocycles. The van der Waals surface area contributed by atoms with Crippen molar-refractivity contribution in [3.8, 4) is 79.9 Å². The van der Waals surface area contributed by atoms with Gasteiger partial charge in [-0.05, 0) is 205 Å². The number of aryl methyl sites for hydroxylation is 3. The number of benzene rings is 12. The van der Waals surface area contributed by atoms with Crippen LogP contribution in [0.4, 0.5) is 21.5 Å². The SMILES string of the molecule is CC(=O)Oc1ccc2c(c1)Oc1cc(C)ccc1C21OC(=O)c2ccc(I)cc21.CC(=O)Oc1ccc2c(c1)Oc1cc(C)ccc1C21OC(=O)c2ccc(N)cc21.CO.C[O-].Nc1ccc(C(=O)O)c(-c2c3ccc(=O)cc-3oc3cc(O)ccc23)c1.[2H]CF.[C-]#N.[C-]#[N+]c1ccc2c(c1)C1(OC2=O)c2ccc(C)cc2Oc2cc(OC(C)=O)ccc21.[K+].[Na+].